The van der Waals surface area contributed by atoms with Crippen LogP contribution in [0, 0.1) is 11.3 Å². The second kappa shape index (κ2) is 2.12. The Morgan fingerprint density at radius 3 is 2.77 bits per heavy atom. The summed E-state index contributed by atoms with van der Waals surface area (Å²) < 4.78 is 5.70. The molecule has 1 N–H and O–H groups in total. The fourth-order valence-electron chi connectivity index (χ4n) is 3.55. The summed E-state index contributed by atoms with van der Waals surface area (Å²) in [4.78, 5) is 0. The topological polar surface area (TPSA) is 32.8 Å². The van der Waals surface area contributed by atoms with Gasteiger partial charge in [-0.3, -0.25) is 0 Å². The molecule has 2 nitrogen and oxygen atoms in total. The van der Waals surface area contributed by atoms with E-state index in [2.05, 4.69) is 13.8 Å². The number of hydrogen-bond acceptors (Lipinski definition) is 2. The predicted octanol–water partition coefficient (Wildman–Crippen LogP) is 1.71. The van der Waals surface area contributed by atoms with E-state index in [0.717, 1.165) is 12.8 Å². The van der Waals surface area contributed by atoms with Crippen LogP contribution < -0.4 is 0 Å². The van der Waals surface area contributed by atoms with Crippen molar-refractivity contribution in [3.63, 3.8) is 0 Å². The molecule has 74 valence electrons. The van der Waals surface area contributed by atoms with Gasteiger partial charge in [-0.2, -0.15) is 0 Å². The molecule has 1 aliphatic heterocycles. The van der Waals surface area contributed by atoms with Crippen LogP contribution in [-0.4, -0.2) is 22.9 Å². The monoisotopic (exact) mass is 182 g/mol. The predicted molar refractivity (Wildman–Crippen MR) is 49.3 cm³/mol. The number of epoxide rings is 1. The van der Waals surface area contributed by atoms with E-state index in [0.29, 0.717) is 12.0 Å². The van der Waals surface area contributed by atoms with E-state index in [1.807, 2.05) is 0 Å². The Balaban J connectivity index is 1.89. The summed E-state index contributed by atoms with van der Waals surface area (Å²) >= 11 is 0. The summed E-state index contributed by atoms with van der Waals surface area (Å²) in [6.07, 6.45) is 4.82. The van der Waals surface area contributed by atoms with Crippen LogP contribution in [0.25, 0.3) is 0 Å². The molecule has 2 heteroatoms. The number of aliphatic hydroxyl groups is 1. The molecule has 0 bridgehead atoms. The largest absolute Gasteiger partial charge is 0.393 e. The van der Waals surface area contributed by atoms with E-state index >= 15 is 0 Å². The van der Waals surface area contributed by atoms with E-state index in [-0.39, 0.29) is 17.1 Å². The molecule has 0 aromatic carbocycles. The Labute approximate surface area is 79.3 Å². The lowest BCUT2D eigenvalue weighted by Gasteiger charge is -2.38. The lowest BCUT2D eigenvalue weighted by atomic mass is 9.66. The number of ether oxygens (including phenoxy) is 1. The maximum atomic E-state index is 9.95. The molecule has 1 heterocycles. The smallest absolute Gasteiger partial charge is 0.0923 e. The molecule has 3 aliphatic rings. The van der Waals surface area contributed by atoms with Gasteiger partial charge in [0.25, 0.3) is 0 Å². The Morgan fingerprint density at radius 1 is 1.23 bits per heavy atom. The van der Waals surface area contributed by atoms with Crippen LogP contribution >= 0.6 is 0 Å². The summed E-state index contributed by atoms with van der Waals surface area (Å²) in [5, 5.41) is 9.95. The van der Waals surface area contributed by atoms with Crippen LogP contribution in [0.1, 0.15) is 39.5 Å². The Bertz CT molecular complexity index is 252. The lowest BCUT2D eigenvalue weighted by Crippen LogP contribution is -2.40. The molecular formula is C11H18O2. The first-order chi connectivity index (χ1) is 6.05. The molecule has 0 aromatic heterocycles. The minimum absolute atomic E-state index is 0.0775. The summed E-state index contributed by atoms with van der Waals surface area (Å²) in [5.74, 6) is 0.700. The van der Waals surface area contributed by atoms with Gasteiger partial charge in [-0.15, -0.1) is 0 Å². The van der Waals surface area contributed by atoms with Gasteiger partial charge in [0.1, 0.15) is 0 Å². The summed E-state index contributed by atoms with van der Waals surface area (Å²) in [7, 11) is 0. The van der Waals surface area contributed by atoms with E-state index in [9.17, 15) is 5.11 Å². The molecule has 3 rings (SSSR count). The van der Waals surface area contributed by atoms with E-state index in [1.54, 1.807) is 0 Å². The molecule has 2 saturated carbocycles. The molecule has 13 heavy (non-hydrogen) atoms. The zero-order valence-electron chi connectivity index (χ0n) is 8.42. The first-order valence-corrected chi connectivity index (χ1v) is 5.40. The van der Waals surface area contributed by atoms with Gasteiger partial charge in [0, 0.05) is 0 Å². The van der Waals surface area contributed by atoms with Crippen molar-refractivity contribution < 1.29 is 9.84 Å². The van der Waals surface area contributed by atoms with Crippen LogP contribution in [0.15, 0.2) is 0 Å². The minimum Gasteiger partial charge on any atom is -0.393 e. The maximum absolute atomic E-state index is 9.95. The van der Waals surface area contributed by atoms with Crippen molar-refractivity contribution in [3.8, 4) is 0 Å². The Kier molecular flexibility index (Phi) is 1.34. The molecule has 3 fully saturated rings. The van der Waals surface area contributed by atoms with Gasteiger partial charge in [-0.1, -0.05) is 6.92 Å². The van der Waals surface area contributed by atoms with Crippen molar-refractivity contribution in [2.45, 2.75) is 57.3 Å². The van der Waals surface area contributed by atoms with Crippen LogP contribution in [0.4, 0.5) is 0 Å². The zero-order chi connectivity index (χ0) is 9.27. The fraction of sp³-hybridized carbons (Fsp3) is 1.00. The van der Waals surface area contributed by atoms with Crippen molar-refractivity contribution >= 4 is 0 Å². The van der Waals surface area contributed by atoms with Crippen molar-refractivity contribution in [2.75, 3.05) is 0 Å². The van der Waals surface area contributed by atoms with Crippen molar-refractivity contribution in [1.82, 2.24) is 0 Å². The van der Waals surface area contributed by atoms with Gasteiger partial charge in [0.2, 0.25) is 0 Å². The summed E-state index contributed by atoms with van der Waals surface area (Å²) in [5.41, 5.74) is 0.356. The van der Waals surface area contributed by atoms with Crippen LogP contribution in [0.3, 0.4) is 0 Å². The SMILES string of the molecule is C[C@@]12C[C@@H]3O[C@]3(C)C[C@@H]1CC[C@@H]2O. The Morgan fingerprint density at radius 2 is 2.00 bits per heavy atom. The average molecular weight is 182 g/mol. The molecule has 0 radical (unpaired) electrons. The highest BCUT2D eigenvalue weighted by Gasteiger charge is 2.64. The highest BCUT2D eigenvalue weighted by atomic mass is 16.6. The highest BCUT2D eigenvalue weighted by Crippen LogP contribution is 2.61. The maximum Gasteiger partial charge on any atom is 0.0923 e. The molecule has 0 unspecified atom stereocenters. The van der Waals surface area contributed by atoms with Crippen molar-refractivity contribution in [3.05, 3.63) is 0 Å². The quantitative estimate of drug-likeness (QED) is 0.578. The first-order valence-electron chi connectivity index (χ1n) is 5.40. The summed E-state index contributed by atoms with van der Waals surface area (Å²) in [6, 6.07) is 0. The second-order valence-electron chi connectivity index (χ2n) is 5.62. The van der Waals surface area contributed by atoms with E-state index in [1.165, 1.54) is 12.8 Å². The molecule has 0 aromatic rings. The number of aliphatic hydroxyl groups excluding tert-OH is 1. The van der Waals surface area contributed by atoms with Crippen molar-refractivity contribution in [2.24, 2.45) is 11.3 Å². The normalized spacial score (nSPS) is 64.4. The number of hydrogen-bond donors (Lipinski definition) is 1. The average Bonchev–Trinajstić information content (AvgIpc) is 2.62. The van der Waals surface area contributed by atoms with Crippen LogP contribution in [0.2, 0.25) is 0 Å². The highest BCUT2D eigenvalue weighted by molar-refractivity contribution is 5.13. The van der Waals surface area contributed by atoms with Gasteiger partial charge in [-0.25, -0.2) is 0 Å². The number of rotatable bonds is 0. The second-order valence-corrected chi connectivity index (χ2v) is 5.62. The van der Waals surface area contributed by atoms with Crippen molar-refractivity contribution in [1.29, 1.82) is 0 Å². The molecule has 2 aliphatic carbocycles. The first kappa shape index (κ1) is 8.25. The van der Waals surface area contributed by atoms with E-state index in [4.69, 9.17) is 4.74 Å². The molecule has 1 saturated heterocycles. The van der Waals surface area contributed by atoms with Gasteiger partial charge in [0.15, 0.2) is 0 Å². The fourth-order valence-corrected chi connectivity index (χ4v) is 3.55. The minimum atomic E-state index is -0.0775. The lowest BCUT2D eigenvalue weighted by molar-refractivity contribution is 0.0158. The molecule has 5 atom stereocenters. The molecule has 0 spiro atoms. The van der Waals surface area contributed by atoms with Crippen LogP contribution in [0.5, 0.6) is 0 Å². The van der Waals surface area contributed by atoms with E-state index < -0.39 is 0 Å². The summed E-state index contributed by atoms with van der Waals surface area (Å²) in [6.45, 7) is 4.47. The standard InChI is InChI=1S/C11H18O2/c1-10-6-9-11(2,13-9)5-7(10)3-4-8(10)12/h7-9,12H,3-6H2,1-2H3/t7-,8-,9-,10+,11+/m0/s1. The third-order valence-corrected chi connectivity index (χ3v) is 4.79. The Hall–Kier alpha value is -0.0800. The van der Waals surface area contributed by atoms with Crippen LogP contribution in [-0.2, 0) is 4.74 Å². The molecular weight excluding hydrogens is 164 g/mol. The van der Waals surface area contributed by atoms with Gasteiger partial charge in [-0.05, 0) is 43.9 Å². The zero-order valence-corrected chi connectivity index (χ0v) is 8.42. The van der Waals surface area contributed by atoms with Gasteiger partial charge >= 0.3 is 0 Å². The van der Waals surface area contributed by atoms with Gasteiger partial charge < -0.3 is 9.84 Å². The molecule has 0 amide bonds. The third-order valence-electron chi connectivity index (χ3n) is 4.79. The van der Waals surface area contributed by atoms with Gasteiger partial charge in [0.05, 0.1) is 17.8 Å². The third kappa shape index (κ3) is 0.909. The number of fused-ring (bicyclic) bond motifs is 2.